The Morgan fingerprint density at radius 1 is 1.33 bits per heavy atom. The van der Waals surface area contributed by atoms with E-state index in [0.717, 1.165) is 18.5 Å². The Bertz CT molecular complexity index is 437. The number of hydrogen-bond acceptors (Lipinski definition) is 2. The van der Waals surface area contributed by atoms with Gasteiger partial charge >= 0.3 is 0 Å². The van der Waals surface area contributed by atoms with Crippen LogP contribution in [0.3, 0.4) is 0 Å². The van der Waals surface area contributed by atoms with Crippen molar-refractivity contribution in [1.82, 2.24) is 4.90 Å². The lowest BCUT2D eigenvalue weighted by Gasteiger charge is -2.38. The average Bonchev–Trinajstić information content (AvgIpc) is 2.64. The van der Waals surface area contributed by atoms with Crippen molar-refractivity contribution in [3.63, 3.8) is 0 Å². The fourth-order valence-corrected chi connectivity index (χ4v) is 2.79. The molecule has 2 nitrogen and oxygen atoms in total. The van der Waals surface area contributed by atoms with Gasteiger partial charge in [-0.25, -0.2) is 4.39 Å². The van der Waals surface area contributed by atoms with Crippen molar-refractivity contribution in [1.29, 1.82) is 0 Å². The molecule has 0 saturated carbocycles. The van der Waals surface area contributed by atoms with E-state index in [4.69, 9.17) is 5.73 Å². The van der Waals surface area contributed by atoms with Crippen LogP contribution in [0.15, 0.2) is 18.2 Å². The molecule has 2 N–H and O–H groups in total. The second kappa shape index (κ2) is 4.63. The first-order valence-corrected chi connectivity index (χ1v) is 6.59. The zero-order chi connectivity index (χ0) is 13.5. The molecular formula is C15H23FN2. The summed E-state index contributed by atoms with van der Waals surface area (Å²) < 4.78 is 13.7. The molecule has 1 fully saturated rings. The maximum absolute atomic E-state index is 13.7. The average molecular weight is 250 g/mol. The van der Waals surface area contributed by atoms with Gasteiger partial charge in [-0.05, 0) is 51.3 Å². The van der Waals surface area contributed by atoms with E-state index < -0.39 is 0 Å². The number of likely N-dealkylation sites (tertiary alicyclic amines) is 1. The molecule has 1 aliphatic heterocycles. The third-order valence-corrected chi connectivity index (χ3v) is 3.84. The highest BCUT2D eigenvalue weighted by Crippen LogP contribution is 2.36. The Morgan fingerprint density at radius 2 is 2.00 bits per heavy atom. The fraction of sp³-hybridized carbons (Fsp3) is 0.600. The minimum Gasteiger partial charge on any atom is -0.326 e. The fourth-order valence-electron chi connectivity index (χ4n) is 2.79. The van der Waals surface area contributed by atoms with E-state index in [1.54, 1.807) is 13.0 Å². The monoisotopic (exact) mass is 250 g/mol. The summed E-state index contributed by atoms with van der Waals surface area (Å²) in [6.45, 7) is 9.31. The SMILES string of the molecule is Cc1ccc(C2C(N)CCN2C(C)(C)C)cc1F. The Kier molecular flexibility index (Phi) is 3.47. The van der Waals surface area contributed by atoms with Crippen LogP contribution in [-0.2, 0) is 0 Å². The highest BCUT2D eigenvalue weighted by Gasteiger charge is 2.38. The van der Waals surface area contributed by atoms with Gasteiger partial charge in [-0.15, -0.1) is 0 Å². The zero-order valence-corrected chi connectivity index (χ0v) is 11.7. The summed E-state index contributed by atoms with van der Waals surface area (Å²) in [5.74, 6) is -0.138. The minimum atomic E-state index is -0.138. The number of benzene rings is 1. The van der Waals surface area contributed by atoms with Crippen molar-refractivity contribution in [2.45, 2.75) is 51.7 Å². The van der Waals surface area contributed by atoms with E-state index in [-0.39, 0.29) is 23.4 Å². The van der Waals surface area contributed by atoms with Crippen LogP contribution in [-0.4, -0.2) is 23.0 Å². The molecule has 2 atom stereocenters. The van der Waals surface area contributed by atoms with E-state index in [1.165, 1.54) is 0 Å². The Balaban J connectivity index is 2.37. The highest BCUT2D eigenvalue weighted by molar-refractivity contribution is 5.28. The van der Waals surface area contributed by atoms with Crippen LogP contribution in [0.4, 0.5) is 4.39 Å². The van der Waals surface area contributed by atoms with E-state index in [0.29, 0.717) is 5.56 Å². The summed E-state index contributed by atoms with van der Waals surface area (Å²) in [5.41, 5.74) is 7.96. The second-order valence-electron chi connectivity index (χ2n) is 6.27. The van der Waals surface area contributed by atoms with Gasteiger partial charge in [0.25, 0.3) is 0 Å². The number of halogens is 1. The van der Waals surface area contributed by atoms with Crippen molar-refractivity contribution in [2.24, 2.45) is 5.73 Å². The molecule has 1 aromatic rings. The number of nitrogens with zero attached hydrogens (tertiary/aromatic N) is 1. The van der Waals surface area contributed by atoms with Crippen LogP contribution >= 0.6 is 0 Å². The van der Waals surface area contributed by atoms with Crippen molar-refractivity contribution in [2.75, 3.05) is 6.54 Å². The van der Waals surface area contributed by atoms with Crippen LogP contribution in [0.2, 0.25) is 0 Å². The summed E-state index contributed by atoms with van der Waals surface area (Å²) >= 11 is 0. The maximum atomic E-state index is 13.7. The summed E-state index contributed by atoms with van der Waals surface area (Å²) in [7, 11) is 0. The van der Waals surface area contributed by atoms with Gasteiger partial charge in [0.15, 0.2) is 0 Å². The van der Waals surface area contributed by atoms with Gasteiger partial charge in [-0.3, -0.25) is 4.90 Å². The number of rotatable bonds is 1. The van der Waals surface area contributed by atoms with Gasteiger partial charge in [0.2, 0.25) is 0 Å². The van der Waals surface area contributed by atoms with Crippen LogP contribution < -0.4 is 5.73 Å². The van der Waals surface area contributed by atoms with E-state index >= 15 is 0 Å². The Labute approximate surface area is 109 Å². The Hall–Kier alpha value is -0.930. The minimum absolute atomic E-state index is 0.0557. The Morgan fingerprint density at radius 3 is 2.56 bits per heavy atom. The van der Waals surface area contributed by atoms with Crippen LogP contribution in [0.25, 0.3) is 0 Å². The lowest BCUT2D eigenvalue weighted by molar-refractivity contribution is 0.117. The van der Waals surface area contributed by atoms with Crippen molar-refractivity contribution < 1.29 is 4.39 Å². The number of nitrogens with two attached hydrogens (primary N) is 1. The number of hydrogen-bond donors (Lipinski definition) is 1. The first-order valence-electron chi connectivity index (χ1n) is 6.59. The smallest absolute Gasteiger partial charge is 0.126 e. The molecule has 2 rings (SSSR count). The van der Waals surface area contributed by atoms with E-state index in [1.807, 2.05) is 12.1 Å². The third-order valence-electron chi connectivity index (χ3n) is 3.84. The van der Waals surface area contributed by atoms with Crippen LogP contribution in [0, 0.1) is 12.7 Å². The largest absolute Gasteiger partial charge is 0.326 e. The lowest BCUT2D eigenvalue weighted by Crippen LogP contribution is -2.43. The third kappa shape index (κ3) is 2.43. The maximum Gasteiger partial charge on any atom is 0.126 e. The molecule has 0 spiro atoms. The molecular weight excluding hydrogens is 227 g/mol. The lowest BCUT2D eigenvalue weighted by atomic mass is 9.96. The van der Waals surface area contributed by atoms with Gasteiger partial charge in [-0.2, -0.15) is 0 Å². The normalized spacial score (nSPS) is 25.7. The molecule has 0 aliphatic carbocycles. The quantitative estimate of drug-likeness (QED) is 0.830. The summed E-state index contributed by atoms with van der Waals surface area (Å²) in [4.78, 5) is 2.38. The molecule has 100 valence electrons. The predicted molar refractivity (Wildman–Crippen MR) is 72.9 cm³/mol. The predicted octanol–water partition coefficient (Wildman–Crippen LogP) is 3.01. The molecule has 1 saturated heterocycles. The molecule has 1 aromatic carbocycles. The standard InChI is InChI=1S/C15H23FN2/c1-10-5-6-11(9-12(10)16)14-13(17)7-8-18(14)15(2,3)4/h5-6,9,13-14H,7-8,17H2,1-4H3. The van der Waals surface area contributed by atoms with Crippen LogP contribution in [0.1, 0.15) is 44.4 Å². The zero-order valence-electron chi connectivity index (χ0n) is 11.7. The molecule has 2 unspecified atom stereocenters. The van der Waals surface area contributed by atoms with Gasteiger partial charge in [0.1, 0.15) is 5.82 Å². The summed E-state index contributed by atoms with van der Waals surface area (Å²) in [6.07, 6.45) is 0.970. The van der Waals surface area contributed by atoms with E-state index in [9.17, 15) is 4.39 Å². The van der Waals surface area contributed by atoms with Gasteiger partial charge < -0.3 is 5.73 Å². The first-order chi connectivity index (χ1) is 8.30. The highest BCUT2D eigenvalue weighted by atomic mass is 19.1. The first kappa shape index (κ1) is 13.5. The molecule has 1 heterocycles. The van der Waals surface area contributed by atoms with Crippen LogP contribution in [0.5, 0.6) is 0 Å². The number of aryl methyl sites for hydroxylation is 1. The molecule has 1 aliphatic rings. The second-order valence-corrected chi connectivity index (χ2v) is 6.27. The van der Waals surface area contributed by atoms with Gasteiger partial charge in [0.05, 0.1) is 6.04 Å². The molecule has 3 heteroatoms. The van der Waals surface area contributed by atoms with Gasteiger partial charge in [0, 0.05) is 18.1 Å². The van der Waals surface area contributed by atoms with Gasteiger partial charge in [-0.1, -0.05) is 12.1 Å². The molecule has 0 bridgehead atoms. The van der Waals surface area contributed by atoms with E-state index in [2.05, 4.69) is 25.7 Å². The summed E-state index contributed by atoms with van der Waals surface area (Å²) in [6, 6.07) is 5.71. The van der Waals surface area contributed by atoms with Crippen molar-refractivity contribution in [3.8, 4) is 0 Å². The molecule has 18 heavy (non-hydrogen) atoms. The van der Waals surface area contributed by atoms with Crippen molar-refractivity contribution >= 4 is 0 Å². The topological polar surface area (TPSA) is 29.3 Å². The summed E-state index contributed by atoms with van der Waals surface area (Å²) in [5, 5.41) is 0. The molecule has 0 aromatic heterocycles. The van der Waals surface area contributed by atoms with Crippen molar-refractivity contribution in [3.05, 3.63) is 35.1 Å². The molecule has 0 amide bonds. The molecule has 0 radical (unpaired) electrons.